The van der Waals surface area contributed by atoms with E-state index >= 15 is 0 Å². The lowest BCUT2D eigenvalue weighted by atomic mass is 9.95. The molecule has 0 aliphatic rings. The average Bonchev–Trinajstić information content (AvgIpc) is 2.46. The van der Waals surface area contributed by atoms with Crippen molar-refractivity contribution in [3.63, 3.8) is 0 Å². The molecule has 1 atom stereocenters. The van der Waals surface area contributed by atoms with Crippen molar-refractivity contribution in [2.45, 2.75) is 19.4 Å². The molecule has 0 aromatic heterocycles. The first-order chi connectivity index (χ1) is 9.93. The van der Waals surface area contributed by atoms with E-state index in [1.165, 1.54) is 24.3 Å². The maximum Gasteiger partial charge on any atom is 0.143 e. The predicted molar refractivity (Wildman–Crippen MR) is 80.7 cm³/mol. The van der Waals surface area contributed by atoms with Crippen LogP contribution < -0.4 is 5.32 Å². The topological polar surface area (TPSA) is 12.0 Å². The number of halogens is 4. The second-order valence-corrected chi connectivity index (χ2v) is 5.72. The molecule has 0 aliphatic carbocycles. The van der Waals surface area contributed by atoms with Crippen LogP contribution in [0.3, 0.4) is 0 Å². The van der Waals surface area contributed by atoms with Gasteiger partial charge in [-0.1, -0.05) is 6.07 Å². The fourth-order valence-electron chi connectivity index (χ4n) is 2.31. The lowest BCUT2D eigenvalue weighted by molar-refractivity contribution is 0.509. The highest BCUT2D eigenvalue weighted by Gasteiger charge is 2.19. The minimum atomic E-state index is -0.621. The average molecular weight is 358 g/mol. The maximum absolute atomic E-state index is 14.1. The van der Waals surface area contributed by atoms with E-state index in [9.17, 15) is 13.2 Å². The minimum absolute atomic E-state index is 0.0209. The summed E-state index contributed by atoms with van der Waals surface area (Å²) in [6, 6.07) is 6.58. The van der Waals surface area contributed by atoms with Gasteiger partial charge in [0.1, 0.15) is 17.5 Å². The summed E-state index contributed by atoms with van der Waals surface area (Å²) < 4.78 is 41.6. The van der Waals surface area contributed by atoms with Gasteiger partial charge in [0.2, 0.25) is 0 Å². The summed E-state index contributed by atoms with van der Waals surface area (Å²) in [5.74, 6) is -1.60. The highest BCUT2D eigenvalue weighted by atomic mass is 79.9. The van der Waals surface area contributed by atoms with Gasteiger partial charge in [-0.2, -0.15) is 0 Å². The number of nitrogens with one attached hydrogen (secondary N) is 1. The molecule has 0 bridgehead atoms. The Labute approximate surface area is 130 Å². The third-order valence-corrected chi connectivity index (χ3v) is 4.12. The van der Waals surface area contributed by atoms with Crippen molar-refractivity contribution in [1.29, 1.82) is 0 Å². The molecule has 21 heavy (non-hydrogen) atoms. The van der Waals surface area contributed by atoms with Gasteiger partial charge < -0.3 is 5.32 Å². The van der Waals surface area contributed by atoms with Gasteiger partial charge in [-0.25, -0.2) is 13.2 Å². The molecule has 0 saturated heterocycles. The van der Waals surface area contributed by atoms with Crippen molar-refractivity contribution in [2.75, 3.05) is 7.05 Å². The zero-order valence-electron chi connectivity index (χ0n) is 11.7. The van der Waals surface area contributed by atoms with Crippen LogP contribution in [0.25, 0.3) is 0 Å². The lowest BCUT2D eigenvalue weighted by Crippen LogP contribution is -2.21. The molecule has 0 spiro atoms. The van der Waals surface area contributed by atoms with Crippen molar-refractivity contribution < 1.29 is 13.2 Å². The fourth-order valence-corrected chi connectivity index (χ4v) is 2.69. The predicted octanol–water partition coefficient (Wildman–Crippen LogP) is 4.68. The molecule has 1 nitrogen and oxygen atoms in total. The second-order valence-electron chi connectivity index (χ2n) is 4.87. The summed E-state index contributed by atoms with van der Waals surface area (Å²) in [6.07, 6.45) is 0.0951. The molecule has 2 aromatic rings. The first kappa shape index (κ1) is 16.0. The third kappa shape index (κ3) is 3.47. The SMILES string of the molecule is CNC(Cc1c(F)ccc(Br)c1F)c1cc(F)ccc1C. The third-order valence-electron chi connectivity index (χ3n) is 3.51. The number of rotatable bonds is 4. The number of aryl methyl sites for hydroxylation is 1. The summed E-state index contributed by atoms with van der Waals surface area (Å²) in [6.45, 7) is 1.84. The van der Waals surface area contributed by atoms with Crippen molar-refractivity contribution in [2.24, 2.45) is 0 Å². The van der Waals surface area contributed by atoms with Crippen molar-refractivity contribution in [3.05, 3.63) is 68.9 Å². The molecule has 2 rings (SSSR count). The van der Waals surface area contributed by atoms with E-state index in [4.69, 9.17) is 0 Å². The molecule has 0 saturated carbocycles. The molecule has 112 valence electrons. The Morgan fingerprint density at radius 1 is 1.14 bits per heavy atom. The van der Waals surface area contributed by atoms with Gasteiger partial charge in [0.15, 0.2) is 0 Å². The van der Waals surface area contributed by atoms with Gasteiger partial charge in [-0.15, -0.1) is 0 Å². The number of benzene rings is 2. The molecule has 0 amide bonds. The Kier molecular flexibility index (Phi) is 5.06. The van der Waals surface area contributed by atoms with E-state index < -0.39 is 11.6 Å². The minimum Gasteiger partial charge on any atom is -0.313 e. The largest absolute Gasteiger partial charge is 0.313 e. The monoisotopic (exact) mass is 357 g/mol. The molecule has 5 heteroatoms. The van der Waals surface area contributed by atoms with Gasteiger partial charge in [0.05, 0.1) is 4.47 Å². The molecule has 2 aromatic carbocycles. The van der Waals surface area contributed by atoms with Gasteiger partial charge in [0.25, 0.3) is 0 Å². The Balaban J connectivity index is 2.40. The van der Waals surface area contributed by atoms with Crippen LogP contribution in [-0.4, -0.2) is 7.05 Å². The van der Waals surface area contributed by atoms with E-state index in [2.05, 4.69) is 21.2 Å². The summed E-state index contributed by atoms with van der Waals surface area (Å²) in [4.78, 5) is 0. The Hall–Kier alpha value is -1.33. The zero-order valence-corrected chi connectivity index (χ0v) is 13.3. The van der Waals surface area contributed by atoms with Crippen LogP contribution in [0, 0.1) is 24.4 Å². The standard InChI is InChI=1S/C16H15BrF3N/c1-9-3-4-10(18)7-11(9)15(21-2)8-12-14(19)6-5-13(17)16(12)20/h3-7,15,21H,8H2,1-2H3. The van der Waals surface area contributed by atoms with E-state index in [0.717, 1.165) is 5.56 Å². The molecular weight excluding hydrogens is 343 g/mol. The number of hydrogen-bond donors (Lipinski definition) is 1. The van der Waals surface area contributed by atoms with Gasteiger partial charge in [-0.3, -0.25) is 0 Å². The quantitative estimate of drug-likeness (QED) is 0.783. The zero-order chi connectivity index (χ0) is 15.6. The van der Waals surface area contributed by atoms with Crippen LogP contribution in [-0.2, 0) is 6.42 Å². The number of hydrogen-bond acceptors (Lipinski definition) is 1. The molecule has 1 unspecified atom stereocenters. The summed E-state index contributed by atoms with van der Waals surface area (Å²) >= 11 is 3.05. The summed E-state index contributed by atoms with van der Waals surface area (Å²) in [7, 11) is 1.68. The van der Waals surface area contributed by atoms with E-state index in [0.29, 0.717) is 5.56 Å². The molecule has 0 heterocycles. The molecular formula is C16H15BrF3N. The van der Waals surface area contributed by atoms with E-state index in [-0.39, 0.29) is 28.3 Å². The van der Waals surface area contributed by atoms with Crippen molar-refractivity contribution in [1.82, 2.24) is 5.32 Å². The van der Waals surface area contributed by atoms with E-state index in [1.807, 2.05) is 6.92 Å². The van der Waals surface area contributed by atoms with E-state index in [1.54, 1.807) is 13.1 Å². The van der Waals surface area contributed by atoms with Gasteiger partial charge >= 0.3 is 0 Å². The molecule has 0 fully saturated rings. The Morgan fingerprint density at radius 3 is 2.52 bits per heavy atom. The summed E-state index contributed by atoms with van der Waals surface area (Å²) in [5, 5.41) is 2.99. The summed E-state index contributed by atoms with van der Waals surface area (Å²) in [5.41, 5.74) is 1.54. The van der Waals surface area contributed by atoms with Gasteiger partial charge in [0, 0.05) is 11.6 Å². The highest BCUT2D eigenvalue weighted by molar-refractivity contribution is 9.10. The molecule has 0 aliphatic heterocycles. The Morgan fingerprint density at radius 2 is 1.86 bits per heavy atom. The lowest BCUT2D eigenvalue weighted by Gasteiger charge is -2.20. The van der Waals surface area contributed by atoms with Crippen LogP contribution in [0.1, 0.15) is 22.7 Å². The van der Waals surface area contributed by atoms with Crippen LogP contribution in [0.5, 0.6) is 0 Å². The Bertz CT molecular complexity index is 658. The molecule has 0 radical (unpaired) electrons. The first-order valence-electron chi connectivity index (χ1n) is 6.49. The van der Waals surface area contributed by atoms with Crippen LogP contribution in [0.4, 0.5) is 13.2 Å². The van der Waals surface area contributed by atoms with Crippen LogP contribution in [0.2, 0.25) is 0 Å². The number of likely N-dealkylation sites (N-methyl/N-ethyl adjacent to an activating group) is 1. The van der Waals surface area contributed by atoms with Crippen LogP contribution in [0.15, 0.2) is 34.8 Å². The maximum atomic E-state index is 14.1. The van der Waals surface area contributed by atoms with Crippen molar-refractivity contribution >= 4 is 15.9 Å². The fraction of sp³-hybridized carbons (Fsp3) is 0.250. The first-order valence-corrected chi connectivity index (χ1v) is 7.29. The van der Waals surface area contributed by atoms with Gasteiger partial charge in [-0.05, 0) is 71.7 Å². The van der Waals surface area contributed by atoms with Crippen LogP contribution >= 0.6 is 15.9 Å². The van der Waals surface area contributed by atoms with Crippen molar-refractivity contribution in [3.8, 4) is 0 Å². The normalized spacial score (nSPS) is 12.5. The molecule has 1 N–H and O–H groups in total. The highest BCUT2D eigenvalue weighted by Crippen LogP contribution is 2.28. The smallest absolute Gasteiger partial charge is 0.143 e. The second kappa shape index (κ2) is 6.62.